The second kappa shape index (κ2) is 5.53. The van der Waals surface area contributed by atoms with Crippen LogP contribution in [0.5, 0.6) is 5.75 Å². The first-order valence-electron chi connectivity index (χ1n) is 5.72. The van der Waals surface area contributed by atoms with Gasteiger partial charge in [0.25, 0.3) is 0 Å². The summed E-state index contributed by atoms with van der Waals surface area (Å²) in [5.41, 5.74) is 0.981. The van der Waals surface area contributed by atoms with Crippen molar-refractivity contribution in [1.29, 1.82) is 0 Å². The third-order valence-electron chi connectivity index (χ3n) is 2.71. The minimum Gasteiger partial charge on any atom is -0.496 e. The number of rotatable bonds is 5. The van der Waals surface area contributed by atoms with Crippen LogP contribution in [0.4, 0.5) is 0 Å². The molecule has 0 radical (unpaired) electrons. The Hall–Kier alpha value is -2.04. The van der Waals surface area contributed by atoms with Gasteiger partial charge in [0.05, 0.1) is 26.0 Å². The molecule has 1 atom stereocenters. The normalized spacial score (nSPS) is 18.1. The number of ether oxygens (including phenoxy) is 2. The number of aliphatic imine (C=N–C) groups is 1. The summed E-state index contributed by atoms with van der Waals surface area (Å²) in [6, 6.07) is 7.36. The molecule has 0 aliphatic carbocycles. The zero-order valence-corrected chi connectivity index (χ0v) is 10.1. The molecule has 5 nitrogen and oxygen atoms in total. The Morgan fingerprint density at radius 2 is 2.33 bits per heavy atom. The van der Waals surface area contributed by atoms with Crippen LogP contribution in [0, 0.1) is 0 Å². The summed E-state index contributed by atoms with van der Waals surface area (Å²) in [6.45, 7) is 0.344. The molecule has 5 heteroatoms. The number of nitrogens with zero attached hydrogens (tertiary/aromatic N) is 1. The predicted molar refractivity (Wildman–Crippen MR) is 66.1 cm³/mol. The number of benzene rings is 1. The van der Waals surface area contributed by atoms with Crippen LogP contribution in [0.25, 0.3) is 0 Å². The minimum atomic E-state index is -0.856. The van der Waals surface area contributed by atoms with Gasteiger partial charge in [0, 0.05) is 5.56 Å². The third-order valence-corrected chi connectivity index (χ3v) is 2.71. The highest BCUT2D eigenvalue weighted by Crippen LogP contribution is 2.20. The van der Waals surface area contributed by atoms with Gasteiger partial charge in [-0.2, -0.15) is 0 Å². The summed E-state index contributed by atoms with van der Waals surface area (Å²) in [6.07, 6.45) is 0.537. The number of hydrogen-bond acceptors (Lipinski definition) is 4. The van der Waals surface area contributed by atoms with E-state index in [1.54, 1.807) is 7.11 Å². The lowest BCUT2D eigenvalue weighted by Crippen LogP contribution is -2.12. The van der Waals surface area contributed by atoms with Crippen molar-refractivity contribution in [3.8, 4) is 5.75 Å². The number of carboxylic acid groups (broad SMARTS) is 1. The summed E-state index contributed by atoms with van der Waals surface area (Å²) >= 11 is 0. The Morgan fingerprint density at radius 3 is 3.06 bits per heavy atom. The number of carboxylic acids is 1. The smallest absolute Gasteiger partial charge is 0.305 e. The van der Waals surface area contributed by atoms with E-state index in [0.717, 1.165) is 11.3 Å². The van der Waals surface area contributed by atoms with Gasteiger partial charge in [-0.1, -0.05) is 18.2 Å². The van der Waals surface area contributed by atoms with Gasteiger partial charge in [-0.05, 0) is 6.07 Å². The largest absolute Gasteiger partial charge is 0.496 e. The van der Waals surface area contributed by atoms with E-state index in [2.05, 4.69) is 4.99 Å². The van der Waals surface area contributed by atoms with Crippen molar-refractivity contribution in [3.63, 3.8) is 0 Å². The Balaban J connectivity index is 2.04. The first-order valence-corrected chi connectivity index (χ1v) is 5.72. The number of para-hydroxylation sites is 1. The number of aliphatic carboxylic acids is 1. The van der Waals surface area contributed by atoms with Crippen molar-refractivity contribution in [3.05, 3.63) is 29.8 Å². The van der Waals surface area contributed by atoms with E-state index >= 15 is 0 Å². The fourth-order valence-electron chi connectivity index (χ4n) is 1.89. The summed E-state index contributed by atoms with van der Waals surface area (Å²) < 4.78 is 10.6. The van der Waals surface area contributed by atoms with Crippen LogP contribution in [0.1, 0.15) is 12.0 Å². The van der Waals surface area contributed by atoms with Gasteiger partial charge in [-0.3, -0.25) is 4.79 Å². The first kappa shape index (κ1) is 12.4. The van der Waals surface area contributed by atoms with Crippen molar-refractivity contribution in [2.75, 3.05) is 13.7 Å². The molecule has 1 heterocycles. The zero-order chi connectivity index (χ0) is 13.0. The number of carbonyl (C=O) groups is 1. The van der Waals surface area contributed by atoms with E-state index in [1.165, 1.54) is 0 Å². The van der Waals surface area contributed by atoms with Gasteiger partial charge in [0.1, 0.15) is 12.4 Å². The summed E-state index contributed by atoms with van der Waals surface area (Å²) in [7, 11) is 1.61. The quantitative estimate of drug-likeness (QED) is 0.858. The van der Waals surface area contributed by atoms with Gasteiger partial charge in [0.15, 0.2) is 5.90 Å². The Bertz CT molecular complexity index is 470. The van der Waals surface area contributed by atoms with Crippen LogP contribution in [0.15, 0.2) is 29.3 Å². The molecule has 1 unspecified atom stereocenters. The standard InChI is InChI=1S/C13H15NO4/c1-17-11-5-3-2-4-9(11)6-12-14-10(8-18-12)7-13(15)16/h2-5,10H,6-8H2,1H3,(H,15,16). The predicted octanol–water partition coefficient (Wildman–Crippen LogP) is 1.51. The molecule has 1 N–H and O–H groups in total. The Labute approximate surface area is 105 Å². The molecule has 0 fully saturated rings. The molecule has 2 rings (SSSR count). The molecule has 1 aromatic carbocycles. The Kier molecular flexibility index (Phi) is 3.82. The maximum Gasteiger partial charge on any atom is 0.305 e. The average molecular weight is 249 g/mol. The lowest BCUT2D eigenvalue weighted by Gasteiger charge is -2.07. The minimum absolute atomic E-state index is 0.00935. The SMILES string of the molecule is COc1ccccc1CC1=NC(CC(=O)O)CO1. The maximum absolute atomic E-state index is 10.6. The lowest BCUT2D eigenvalue weighted by molar-refractivity contribution is -0.137. The van der Waals surface area contributed by atoms with E-state index in [1.807, 2.05) is 24.3 Å². The van der Waals surface area contributed by atoms with E-state index in [9.17, 15) is 4.79 Å². The molecule has 0 saturated heterocycles. The highest BCUT2D eigenvalue weighted by molar-refractivity contribution is 5.81. The zero-order valence-electron chi connectivity index (χ0n) is 10.1. The summed E-state index contributed by atoms with van der Waals surface area (Å²) in [5.74, 6) is 0.502. The fourth-order valence-corrected chi connectivity index (χ4v) is 1.89. The molecule has 1 aromatic rings. The molecule has 0 bridgehead atoms. The molecular formula is C13H15NO4. The van der Waals surface area contributed by atoms with Gasteiger partial charge in [-0.25, -0.2) is 4.99 Å². The highest BCUT2D eigenvalue weighted by Gasteiger charge is 2.22. The molecule has 0 saturated carbocycles. The van der Waals surface area contributed by atoms with E-state index in [-0.39, 0.29) is 12.5 Å². The second-order valence-corrected chi connectivity index (χ2v) is 4.07. The van der Waals surface area contributed by atoms with Crippen LogP contribution < -0.4 is 4.74 Å². The molecule has 0 spiro atoms. The average Bonchev–Trinajstić information content (AvgIpc) is 2.76. The third kappa shape index (κ3) is 3.00. The van der Waals surface area contributed by atoms with Crippen LogP contribution >= 0.6 is 0 Å². The molecule has 0 amide bonds. The monoisotopic (exact) mass is 249 g/mol. The van der Waals surface area contributed by atoms with Crippen molar-refractivity contribution in [1.82, 2.24) is 0 Å². The van der Waals surface area contributed by atoms with Gasteiger partial charge < -0.3 is 14.6 Å². The number of methoxy groups -OCH3 is 1. The van der Waals surface area contributed by atoms with E-state index in [0.29, 0.717) is 18.9 Å². The molecule has 1 aliphatic heterocycles. The molecular weight excluding hydrogens is 234 g/mol. The Morgan fingerprint density at radius 1 is 1.56 bits per heavy atom. The van der Waals surface area contributed by atoms with Crippen molar-refractivity contribution >= 4 is 11.9 Å². The van der Waals surface area contributed by atoms with Gasteiger partial charge in [-0.15, -0.1) is 0 Å². The maximum atomic E-state index is 10.6. The lowest BCUT2D eigenvalue weighted by atomic mass is 10.1. The van der Waals surface area contributed by atoms with Crippen LogP contribution in [0.3, 0.4) is 0 Å². The first-order chi connectivity index (χ1) is 8.69. The van der Waals surface area contributed by atoms with Gasteiger partial charge >= 0.3 is 5.97 Å². The van der Waals surface area contributed by atoms with Crippen LogP contribution in [-0.4, -0.2) is 36.7 Å². The van der Waals surface area contributed by atoms with Crippen LogP contribution in [-0.2, 0) is 16.0 Å². The van der Waals surface area contributed by atoms with Crippen LogP contribution in [0.2, 0.25) is 0 Å². The molecule has 0 aromatic heterocycles. The van der Waals surface area contributed by atoms with E-state index in [4.69, 9.17) is 14.6 Å². The van der Waals surface area contributed by atoms with Crippen molar-refractivity contribution in [2.24, 2.45) is 4.99 Å². The second-order valence-electron chi connectivity index (χ2n) is 4.07. The van der Waals surface area contributed by atoms with Crippen molar-refractivity contribution < 1.29 is 19.4 Å². The molecule has 18 heavy (non-hydrogen) atoms. The highest BCUT2D eigenvalue weighted by atomic mass is 16.5. The fraction of sp³-hybridized carbons (Fsp3) is 0.385. The summed E-state index contributed by atoms with van der Waals surface area (Å²) in [4.78, 5) is 14.8. The molecule has 1 aliphatic rings. The molecule has 96 valence electrons. The van der Waals surface area contributed by atoms with Gasteiger partial charge in [0.2, 0.25) is 0 Å². The summed E-state index contributed by atoms with van der Waals surface area (Å²) in [5, 5.41) is 8.69. The van der Waals surface area contributed by atoms with Crippen molar-refractivity contribution in [2.45, 2.75) is 18.9 Å². The number of hydrogen-bond donors (Lipinski definition) is 1. The van der Waals surface area contributed by atoms with E-state index < -0.39 is 5.97 Å². The topological polar surface area (TPSA) is 68.1 Å².